The molecule has 1 N–H and O–H groups in total. The number of carboxylic acid groups (broad SMARTS) is 1. The molecule has 0 aliphatic rings. The number of rotatable bonds is 17. The van der Waals surface area contributed by atoms with Crippen LogP contribution in [-0.2, 0) is 23.7 Å². The van der Waals surface area contributed by atoms with E-state index in [4.69, 9.17) is 28.8 Å². The molecule has 10 nitrogen and oxygen atoms in total. The maximum atomic E-state index is 10.5. The minimum absolute atomic E-state index is 0.0119. The lowest BCUT2D eigenvalue weighted by Gasteiger charge is -2.08. The number of nitro benzene ring substituents is 1. The van der Waals surface area contributed by atoms with Gasteiger partial charge in [-0.3, -0.25) is 14.9 Å². The topological polar surface area (TPSA) is 127 Å². The molecule has 0 fully saturated rings. The average Bonchev–Trinajstić information content (AvgIpc) is 2.65. The van der Waals surface area contributed by atoms with E-state index in [9.17, 15) is 14.9 Å². The first-order chi connectivity index (χ1) is 13.1. The van der Waals surface area contributed by atoms with Gasteiger partial charge in [-0.15, -0.1) is 0 Å². The van der Waals surface area contributed by atoms with Crippen LogP contribution >= 0.6 is 0 Å². The third kappa shape index (κ3) is 12.7. The summed E-state index contributed by atoms with van der Waals surface area (Å²) < 4.78 is 26.4. The highest BCUT2D eigenvalue weighted by Gasteiger charge is 2.04. The molecule has 0 spiro atoms. The average molecular weight is 387 g/mol. The Balaban J connectivity index is 1.82. The first-order valence-corrected chi connectivity index (χ1v) is 8.49. The van der Waals surface area contributed by atoms with Crippen molar-refractivity contribution in [2.45, 2.75) is 6.42 Å². The molecule has 1 aromatic carbocycles. The predicted molar refractivity (Wildman–Crippen MR) is 94.1 cm³/mol. The number of hydrogen-bond acceptors (Lipinski definition) is 8. The van der Waals surface area contributed by atoms with Crippen molar-refractivity contribution in [3.8, 4) is 5.75 Å². The van der Waals surface area contributed by atoms with Crippen molar-refractivity contribution in [3.63, 3.8) is 0 Å². The number of nitrogens with zero attached hydrogens (tertiary/aromatic N) is 1. The maximum absolute atomic E-state index is 10.5. The molecule has 27 heavy (non-hydrogen) atoms. The Kier molecular flexibility index (Phi) is 12.5. The van der Waals surface area contributed by atoms with E-state index in [1.54, 1.807) is 12.1 Å². The van der Waals surface area contributed by atoms with Crippen LogP contribution in [0.25, 0.3) is 0 Å². The fourth-order valence-electron chi connectivity index (χ4n) is 1.80. The number of carbonyl (C=O) groups is 1. The Labute approximate surface area is 157 Å². The van der Waals surface area contributed by atoms with Crippen molar-refractivity contribution in [1.29, 1.82) is 0 Å². The number of ether oxygens (including phenoxy) is 5. The van der Waals surface area contributed by atoms with Gasteiger partial charge >= 0.3 is 5.97 Å². The molecular formula is C17H25NO9. The molecule has 1 aromatic rings. The Bertz CT molecular complexity index is 536. The third-order valence-electron chi connectivity index (χ3n) is 3.12. The van der Waals surface area contributed by atoms with E-state index in [0.29, 0.717) is 58.6 Å². The van der Waals surface area contributed by atoms with Crippen LogP contribution in [0.5, 0.6) is 5.75 Å². The summed E-state index contributed by atoms with van der Waals surface area (Å²) in [4.78, 5) is 20.3. The summed E-state index contributed by atoms with van der Waals surface area (Å²) in [5.74, 6) is -0.339. The third-order valence-corrected chi connectivity index (χ3v) is 3.12. The van der Waals surface area contributed by atoms with Crippen molar-refractivity contribution < 1.29 is 38.5 Å². The fourth-order valence-corrected chi connectivity index (χ4v) is 1.80. The number of benzene rings is 1. The van der Waals surface area contributed by atoms with Crippen LogP contribution < -0.4 is 4.74 Å². The second-order valence-corrected chi connectivity index (χ2v) is 5.19. The minimum Gasteiger partial charge on any atom is -0.491 e. The van der Waals surface area contributed by atoms with Gasteiger partial charge in [0.05, 0.1) is 64.2 Å². The highest BCUT2D eigenvalue weighted by atomic mass is 16.6. The van der Waals surface area contributed by atoms with Gasteiger partial charge in [-0.05, 0) is 12.1 Å². The standard InChI is InChI=1S/C17H25NO9/c19-17(20)5-6-23-7-8-24-9-10-25-11-12-26-13-14-27-16-3-1-15(2-4-16)18(21)22/h1-4H,5-14H2,(H,19,20). The second kappa shape index (κ2) is 14.9. The van der Waals surface area contributed by atoms with Crippen molar-refractivity contribution in [2.75, 3.05) is 59.5 Å². The molecule has 0 amide bonds. The van der Waals surface area contributed by atoms with Gasteiger partial charge in [-0.25, -0.2) is 0 Å². The zero-order valence-corrected chi connectivity index (χ0v) is 15.0. The summed E-state index contributed by atoms with van der Waals surface area (Å²) in [6.45, 7) is 3.33. The van der Waals surface area contributed by atoms with Crippen LogP contribution in [0, 0.1) is 10.1 Å². The molecule has 0 bridgehead atoms. The van der Waals surface area contributed by atoms with Gasteiger partial charge in [0.2, 0.25) is 0 Å². The predicted octanol–water partition coefficient (Wildman–Crippen LogP) is 1.51. The van der Waals surface area contributed by atoms with Crippen LogP contribution in [0.3, 0.4) is 0 Å². The summed E-state index contributed by atoms with van der Waals surface area (Å²) in [5.41, 5.74) is 0.0189. The van der Waals surface area contributed by atoms with E-state index in [-0.39, 0.29) is 18.7 Å². The van der Waals surface area contributed by atoms with Crippen molar-refractivity contribution in [2.24, 2.45) is 0 Å². The summed E-state index contributed by atoms with van der Waals surface area (Å²) in [6, 6.07) is 5.85. The number of nitro groups is 1. The largest absolute Gasteiger partial charge is 0.491 e. The molecule has 0 radical (unpaired) electrons. The monoisotopic (exact) mass is 387 g/mol. The number of non-ortho nitro benzene ring substituents is 1. The lowest BCUT2D eigenvalue weighted by atomic mass is 10.3. The van der Waals surface area contributed by atoms with Crippen LogP contribution in [0.2, 0.25) is 0 Å². The summed E-state index contributed by atoms with van der Waals surface area (Å²) >= 11 is 0. The molecule has 10 heteroatoms. The zero-order chi connectivity index (χ0) is 19.7. The minimum atomic E-state index is -0.885. The van der Waals surface area contributed by atoms with Gasteiger partial charge in [-0.1, -0.05) is 0 Å². The van der Waals surface area contributed by atoms with Gasteiger partial charge in [0, 0.05) is 12.1 Å². The van der Waals surface area contributed by atoms with Gasteiger partial charge in [0.25, 0.3) is 5.69 Å². The molecule has 0 aliphatic heterocycles. The normalized spacial score (nSPS) is 10.7. The van der Waals surface area contributed by atoms with Crippen molar-refractivity contribution >= 4 is 11.7 Å². The Morgan fingerprint density at radius 1 is 0.815 bits per heavy atom. The van der Waals surface area contributed by atoms with E-state index < -0.39 is 10.9 Å². The maximum Gasteiger partial charge on any atom is 0.305 e. The van der Waals surface area contributed by atoms with Crippen LogP contribution in [0.1, 0.15) is 6.42 Å². The molecule has 0 unspecified atom stereocenters. The molecule has 0 atom stereocenters. The molecule has 0 saturated heterocycles. The molecule has 0 saturated carbocycles. The van der Waals surface area contributed by atoms with Crippen LogP contribution in [-0.4, -0.2) is 75.5 Å². The van der Waals surface area contributed by atoms with Crippen molar-refractivity contribution in [1.82, 2.24) is 0 Å². The van der Waals surface area contributed by atoms with Gasteiger partial charge in [-0.2, -0.15) is 0 Å². The number of aliphatic carboxylic acids is 1. The summed E-state index contributed by atoms with van der Waals surface area (Å²) in [6.07, 6.45) is -0.0119. The van der Waals surface area contributed by atoms with E-state index in [2.05, 4.69) is 0 Å². The van der Waals surface area contributed by atoms with Crippen LogP contribution in [0.15, 0.2) is 24.3 Å². The van der Waals surface area contributed by atoms with Crippen LogP contribution in [0.4, 0.5) is 5.69 Å². The van der Waals surface area contributed by atoms with Crippen molar-refractivity contribution in [3.05, 3.63) is 34.4 Å². The first kappa shape index (κ1) is 22.8. The molecule has 1 rings (SSSR count). The summed E-state index contributed by atoms with van der Waals surface area (Å²) in [7, 11) is 0. The molecule has 0 aliphatic carbocycles. The van der Waals surface area contributed by atoms with Gasteiger partial charge in [0.15, 0.2) is 0 Å². The lowest BCUT2D eigenvalue weighted by molar-refractivity contribution is -0.384. The lowest BCUT2D eigenvalue weighted by Crippen LogP contribution is -2.14. The van der Waals surface area contributed by atoms with Gasteiger partial charge < -0.3 is 28.8 Å². The Morgan fingerprint density at radius 3 is 1.70 bits per heavy atom. The van der Waals surface area contributed by atoms with E-state index >= 15 is 0 Å². The highest BCUT2D eigenvalue weighted by Crippen LogP contribution is 2.16. The smallest absolute Gasteiger partial charge is 0.305 e. The molecule has 152 valence electrons. The second-order valence-electron chi connectivity index (χ2n) is 5.19. The number of carboxylic acids is 1. The SMILES string of the molecule is O=C(O)CCOCCOCCOCCOCCOc1ccc([N+](=O)[O-])cc1. The van der Waals surface area contributed by atoms with Gasteiger partial charge in [0.1, 0.15) is 12.4 Å². The quantitative estimate of drug-likeness (QED) is 0.240. The Morgan fingerprint density at radius 2 is 1.26 bits per heavy atom. The van der Waals surface area contributed by atoms with E-state index in [1.165, 1.54) is 12.1 Å². The van der Waals surface area contributed by atoms with E-state index in [0.717, 1.165) is 0 Å². The van der Waals surface area contributed by atoms with E-state index in [1.807, 2.05) is 0 Å². The fraction of sp³-hybridized carbons (Fsp3) is 0.588. The molecule has 0 heterocycles. The highest BCUT2D eigenvalue weighted by molar-refractivity contribution is 5.66. The molecular weight excluding hydrogens is 362 g/mol. The summed E-state index contributed by atoms with van der Waals surface area (Å²) in [5, 5.41) is 18.9. The first-order valence-electron chi connectivity index (χ1n) is 8.49. The molecule has 0 aromatic heterocycles. The zero-order valence-electron chi connectivity index (χ0n) is 15.0. The number of hydrogen-bond donors (Lipinski definition) is 1. The Hall–Kier alpha value is -2.27.